The lowest BCUT2D eigenvalue weighted by atomic mass is 10.0. The molecule has 3 N–H and O–H groups in total. The summed E-state index contributed by atoms with van der Waals surface area (Å²) in [6, 6.07) is 0. The fraction of sp³-hybridized carbons (Fsp3) is 0.944. The molecule has 0 bridgehead atoms. The fourth-order valence-corrected chi connectivity index (χ4v) is 12.4. The van der Waals surface area contributed by atoms with E-state index in [0.29, 0.717) is 37.5 Å². The zero-order chi connectivity index (χ0) is 67.5. The Labute approximate surface area is 556 Å². The number of ether oxygens (including phenoxy) is 4. The third-order valence-corrected chi connectivity index (χ3v) is 18.5. The first kappa shape index (κ1) is 89.1. The first-order chi connectivity index (χ1) is 43.6. The van der Waals surface area contributed by atoms with Crippen molar-refractivity contribution in [2.75, 3.05) is 39.6 Å². The number of aliphatic hydroxyl groups is 1. The number of aliphatic hydroxyl groups excluding tert-OH is 1. The SMILES string of the molecule is CC(C)CCCCCCCCCCCCCCCCCCC(=O)O[C@H](COC(=O)CCCCCCCCCCCCC(C)C)COP(=O)(O)OCC(O)COP(=O)(O)OC[C@@H](COC(=O)CCCCCCCCCC(C)C)OC(=O)CCCCCCCCC(C)C. The minimum absolute atomic E-state index is 0.101. The van der Waals surface area contributed by atoms with E-state index in [9.17, 15) is 43.2 Å². The summed E-state index contributed by atoms with van der Waals surface area (Å²) in [4.78, 5) is 72.5. The monoisotopic (exact) mass is 1340 g/mol. The number of phosphoric acid groups is 2. The number of hydrogen-bond acceptors (Lipinski definition) is 15. The Bertz CT molecular complexity index is 1800. The molecular formula is C72H140O17P2. The molecule has 0 rings (SSSR count). The summed E-state index contributed by atoms with van der Waals surface area (Å²) >= 11 is 0. The van der Waals surface area contributed by atoms with Crippen molar-refractivity contribution in [2.24, 2.45) is 23.7 Å². The minimum Gasteiger partial charge on any atom is -0.462 e. The zero-order valence-corrected chi connectivity index (χ0v) is 61.3. The first-order valence-electron chi connectivity index (χ1n) is 37.2. The molecule has 0 fully saturated rings. The van der Waals surface area contributed by atoms with E-state index in [1.165, 1.54) is 154 Å². The summed E-state index contributed by atoms with van der Waals surface area (Å²) in [7, 11) is -9.90. The maximum Gasteiger partial charge on any atom is 0.472 e. The molecule has 91 heavy (non-hydrogen) atoms. The van der Waals surface area contributed by atoms with Gasteiger partial charge in [0.05, 0.1) is 26.4 Å². The molecule has 0 spiro atoms. The average Bonchev–Trinajstić information content (AvgIpc) is 3.58. The number of rotatable bonds is 69. The van der Waals surface area contributed by atoms with Crippen molar-refractivity contribution in [1.82, 2.24) is 0 Å². The smallest absolute Gasteiger partial charge is 0.462 e. The molecule has 19 heteroatoms. The van der Waals surface area contributed by atoms with Gasteiger partial charge in [0.15, 0.2) is 12.2 Å². The third-order valence-electron chi connectivity index (χ3n) is 16.6. The Morgan fingerprint density at radius 1 is 0.275 bits per heavy atom. The Morgan fingerprint density at radius 3 is 0.681 bits per heavy atom. The van der Waals surface area contributed by atoms with Crippen LogP contribution < -0.4 is 0 Å². The summed E-state index contributed by atoms with van der Waals surface area (Å²) in [6.07, 6.45) is 44.8. The second kappa shape index (κ2) is 61.6. The molecule has 0 aromatic heterocycles. The molecule has 3 unspecified atom stereocenters. The van der Waals surface area contributed by atoms with Crippen LogP contribution in [0.1, 0.15) is 357 Å². The number of esters is 4. The van der Waals surface area contributed by atoms with Crippen LogP contribution in [0, 0.1) is 23.7 Å². The van der Waals surface area contributed by atoms with Gasteiger partial charge in [-0.25, -0.2) is 9.13 Å². The van der Waals surface area contributed by atoms with E-state index in [4.69, 9.17) is 37.0 Å². The van der Waals surface area contributed by atoms with Gasteiger partial charge in [-0.15, -0.1) is 0 Å². The van der Waals surface area contributed by atoms with Crippen molar-refractivity contribution in [3.63, 3.8) is 0 Å². The molecule has 17 nitrogen and oxygen atoms in total. The maximum atomic E-state index is 13.0. The molecule has 0 saturated heterocycles. The molecule has 0 heterocycles. The van der Waals surface area contributed by atoms with Crippen molar-refractivity contribution in [1.29, 1.82) is 0 Å². The zero-order valence-electron chi connectivity index (χ0n) is 59.5. The van der Waals surface area contributed by atoms with Gasteiger partial charge in [0, 0.05) is 25.7 Å². The highest BCUT2D eigenvalue weighted by molar-refractivity contribution is 7.47. The van der Waals surface area contributed by atoms with Gasteiger partial charge in [0.25, 0.3) is 0 Å². The van der Waals surface area contributed by atoms with Gasteiger partial charge in [-0.2, -0.15) is 0 Å². The molecule has 0 aromatic carbocycles. The summed E-state index contributed by atoms with van der Waals surface area (Å²) in [5.74, 6) is 0.810. The first-order valence-corrected chi connectivity index (χ1v) is 40.2. The summed E-state index contributed by atoms with van der Waals surface area (Å²) < 4.78 is 68.3. The van der Waals surface area contributed by atoms with Crippen molar-refractivity contribution in [3.8, 4) is 0 Å². The van der Waals surface area contributed by atoms with E-state index in [1.807, 2.05) is 0 Å². The minimum atomic E-state index is -4.95. The molecule has 5 atom stereocenters. The molecule has 0 aliphatic heterocycles. The van der Waals surface area contributed by atoms with Gasteiger partial charge < -0.3 is 33.8 Å². The largest absolute Gasteiger partial charge is 0.472 e. The maximum absolute atomic E-state index is 13.0. The van der Waals surface area contributed by atoms with Gasteiger partial charge >= 0.3 is 39.5 Å². The van der Waals surface area contributed by atoms with Crippen LogP contribution in [0.5, 0.6) is 0 Å². The standard InChI is InChI=1S/C72H140O17P2/c1-62(2)48-40-32-24-19-15-13-11-9-10-12-14-16-22-28-38-46-54-71(76)88-67(58-82-69(74)52-44-36-27-21-18-17-20-25-33-41-49-63(3)4)60-86-90(78,79)84-56-66(73)57-85-91(80,81)87-61-68(89-72(77)55-47-39-31-30-35-43-51-65(7)8)59-83-70(75)53-45-37-29-23-26-34-42-50-64(5)6/h62-68,73H,9-61H2,1-8H3,(H,78,79)(H,80,81)/t66?,67-,68-/m1/s1. The third kappa shape index (κ3) is 66.5. The Balaban J connectivity index is 5.21. The predicted molar refractivity (Wildman–Crippen MR) is 367 cm³/mol. The number of carbonyl (C=O) groups excluding carboxylic acids is 4. The average molecular weight is 1340 g/mol. The number of hydrogen-bond donors (Lipinski definition) is 3. The number of unbranched alkanes of at least 4 members (excludes halogenated alkanes) is 35. The van der Waals surface area contributed by atoms with E-state index in [-0.39, 0.29) is 25.7 Å². The fourth-order valence-electron chi connectivity index (χ4n) is 10.8. The highest BCUT2D eigenvalue weighted by Gasteiger charge is 2.30. The lowest BCUT2D eigenvalue weighted by Gasteiger charge is -2.21. The molecule has 0 amide bonds. The van der Waals surface area contributed by atoms with Crippen LogP contribution >= 0.6 is 15.6 Å². The summed E-state index contributed by atoms with van der Waals surface area (Å²) in [5, 5.41) is 10.6. The molecule has 540 valence electrons. The molecule has 0 aliphatic rings. The number of phosphoric ester groups is 2. The van der Waals surface area contributed by atoms with Gasteiger partial charge in [0.2, 0.25) is 0 Å². The van der Waals surface area contributed by atoms with E-state index in [1.54, 1.807) is 0 Å². The second-order valence-electron chi connectivity index (χ2n) is 27.9. The molecule has 0 aromatic rings. The van der Waals surface area contributed by atoms with Gasteiger partial charge in [-0.3, -0.25) is 37.3 Å². The van der Waals surface area contributed by atoms with Gasteiger partial charge in [-0.1, -0.05) is 306 Å². The van der Waals surface area contributed by atoms with Crippen molar-refractivity contribution in [3.05, 3.63) is 0 Å². The van der Waals surface area contributed by atoms with Gasteiger partial charge in [0.1, 0.15) is 19.3 Å². The van der Waals surface area contributed by atoms with Crippen LogP contribution in [-0.4, -0.2) is 96.7 Å². The van der Waals surface area contributed by atoms with Crippen molar-refractivity contribution < 1.29 is 80.2 Å². The highest BCUT2D eigenvalue weighted by atomic mass is 31.2. The van der Waals surface area contributed by atoms with E-state index in [2.05, 4.69) is 55.4 Å². The molecular weight excluding hydrogens is 1200 g/mol. The Morgan fingerprint density at radius 2 is 0.462 bits per heavy atom. The van der Waals surface area contributed by atoms with Gasteiger partial charge in [-0.05, 0) is 49.4 Å². The summed E-state index contributed by atoms with van der Waals surface area (Å²) in [5.41, 5.74) is 0. The molecule has 0 aliphatic carbocycles. The van der Waals surface area contributed by atoms with Crippen LogP contribution in [0.25, 0.3) is 0 Å². The van der Waals surface area contributed by atoms with Crippen LogP contribution in [0.3, 0.4) is 0 Å². The van der Waals surface area contributed by atoms with E-state index < -0.39 is 97.5 Å². The Kier molecular flexibility index (Phi) is 60.3. The van der Waals surface area contributed by atoms with Crippen LogP contribution in [-0.2, 0) is 65.4 Å². The number of carbonyl (C=O) groups is 4. The second-order valence-corrected chi connectivity index (χ2v) is 30.8. The predicted octanol–water partition coefficient (Wildman–Crippen LogP) is 20.5. The topological polar surface area (TPSA) is 237 Å². The Hall–Kier alpha value is -1.94. The van der Waals surface area contributed by atoms with Crippen LogP contribution in [0.15, 0.2) is 0 Å². The normalized spacial score (nSPS) is 14.2. The van der Waals surface area contributed by atoms with Crippen molar-refractivity contribution in [2.45, 2.75) is 375 Å². The lowest BCUT2D eigenvalue weighted by molar-refractivity contribution is -0.161. The van der Waals surface area contributed by atoms with Crippen molar-refractivity contribution >= 4 is 39.5 Å². The highest BCUT2D eigenvalue weighted by Crippen LogP contribution is 2.45. The van der Waals surface area contributed by atoms with Crippen LogP contribution in [0.4, 0.5) is 0 Å². The molecule has 0 saturated carbocycles. The molecule has 0 radical (unpaired) electrons. The quantitative estimate of drug-likeness (QED) is 0.0222. The lowest BCUT2D eigenvalue weighted by Crippen LogP contribution is -2.30. The summed E-state index contributed by atoms with van der Waals surface area (Å²) in [6.45, 7) is 14.0. The van der Waals surface area contributed by atoms with Crippen LogP contribution in [0.2, 0.25) is 0 Å². The van der Waals surface area contributed by atoms with E-state index >= 15 is 0 Å². The van der Waals surface area contributed by atoms with E-state index in [0.717, 1.165) is 108 Å².